The Kier molecular flexibility index (Phi) is 5.71. The van der Waals surface area contributed by atoms with Crippen LogP contribution in [0.2, 0.25) is 0 Å². The second kappa shape index (κ2) is 8.98. The van der Waals surface area contributed by atoms with Crippen molar-refractivity contribution >= 4 is 6.09 Å². The van der Waals surface area contributed by atoms with Crippen molar-refractivity contribution in [3.63, 3.8) is 0 Å². The van der Waals surface area contributed by atoms with Crippen LogP contribution in [0.4, 0.5) is 4.79 Å². The van der Waals surface area contributed by atoms with Crippen LogP contribution in [0.5, 0.6) is 0 Å². The molecule has 0 N–H and O–H groups in total. The number of carbonyl (C=O) groups is 1. The summed E-state index contributed by atoms with van der Waals surface area (Å²) in [6.07, 6.45) is 11.1. The molecule has 2 heterocycles. The number of amides is 1. The molecule has 2 bridgehead atoms. The molecule has 2 atom stereocenters. The van der Waals surface area contributed by atoms with Crippen molar-refractivity contribution in [3.05, 3.63) is 71.3 Å². The number of fused-ring (bicyclic) bond motifs is 5. The summed E-state index contributed by atoms with van der Waals surface area (Å²) in [5.74, 6) is 0.791. The highest BCUT2D eigenvalue weighted by Gasteiger charge is 2.40. The third kappa shape index (κ3) is 3.89. The first-order chi connectivity index (χ1) is 16.3. The predicted octanol–water partition coefficient (Wildman–Crippen LogP) is 6.31. The van der Waals surface area contributed by atoms with Gasteiger partial charge in [-0.15, -0.1) is 0 Å². The van der Waals surface area contributed by atoms with E-state index in [0.29, 0.717) is 25.7 Å². The Morgan fingerprint density at radius 2 is 1.58 bits per heavy atom. The summed E-state index contributed by atoms with van der Waals surface area (Å²) in [4.78, 5) is 15.3. The second-order valence-electron chi connectivity index (χ2n) is 10.1. The molecule has 2 aromatic rings. The Balaban J connectivity index is 1.18. The smallest absolute Gasteiger partial charge is 0.410 e. The lowest BCUT2D eigenvalue weighted by Gasteiger charge is -2.45. The van der Waals surface area contributed by atoms with Crippen molar-refractivity contribution in [2.45, 2.75) is 62.9 Å². The summed E-state index contributed by atoms with van der Waals surface area (Å²) >= 11 is 0. The van der Waals surface area contributed by atoms with Crippen molar-refractivity contribution in [3.8, 4) is 11.1 Å². The highest BCUT2D eigenvalue weighted by Crippen LogP contribution is 2.45. The quantitative estimate of drug-likeness (QED) is 0.412. The number of rotatable bonds is 3. The van der Waals surface area contributed by atoms with Gasteiger partial charge in [-0.2, -0.15) is 0 Å². The van der Waals surface area contributed by atoms with Gasteiger partial charge in [0.1, 0.15) is 6.61 Å². The Hall–Kier alpha value is -2.59. The normalized spacial score (nSPS) is 25.1. The maximum atomic E-state index is 13.3. The highest BCUT2D eigenvalue weighted by atomic mass is 16.6. The molecule has 0 aromatic heterocycles. The maximum Gasteiger partial charge on any atom is 0.410 e. The molecule has 0 radical (unpaired) electrons. The maximum absolute atomic E-state index is 13.3. The Labute approximate surface area is 196 Å². The van der Waals surface area contributed by atoms with Crippen LogP contribution in [0.1, 0.15) is 62.0 Å². The number of ether oxygens (including phenoxy) is 2. The molecule has 1 saturated heterocycles. The number of hydrogen-bond donors (Lipinski definition) is 0. The van der Waals surface area contributed by atoms with Crippen LogP contribution >= 0.6 is 0 Å². The first-order valence-corrected chi connectivity index (χ1v) is 12.7. The molecular formula is C29H33NO3. The van der Waals surface area contributed by atoms with Gasteiger partial charge in [0, 0.05) is 5.92 Å². The zero-order valence-corrected chi connectivity index (χ0v) is 19.2. The summed E-state index contributed by atoms with van der Waals surface area (Å²) in [6.45, 7) is 1.57. The first kappa shape index (κ1) is 21.0. The van der Waals surface area contributed by atoms with E-state index in [0.717, 1.165) is 6.42 Å². The molecule has 0 spiro atoms. The van der Waals surface area contributed by atoms with Gasteiger partial charge in [0.05, 0.1) is 25.3 Å². The third-order valence-electron chi connectivity index (χ3n) is 8.15. The van der Waals surface area contributed by atoms with Crippen molar-refractivity contribution < 1.29 is 14.3 Å². The van der Waals surface area contributed by atoms with Crippen LogP contribution in [0.3, 0.4) is 0 Å². The minimum Gasteiger partial charge on any atom is -0.448 e. The Morgan fingerprint density at radius 1 is 0.909 bits per heavy atom. The van der Waals surface area contributed by atoms with Gasteiger partial charge in [-0.1, -0.05) is 85.9 Å². The molecule has 172 valence electrons. The van der Waals surface area contributed by atoms with Gasteiger partial charge in [0.15, 0.2) is 0 Å². The van der Waals surface area contributed by atoms with Crippen LogP contribution in [0, 0.1) is 5.92 Å². The van der Waals surface area contributed by atoms with Gasteiger partial charge in [0.25, 0.3) is 0 Å². The largest absolute Gasteiger partial charge is 0.448 e. The molecule has 1 amide bonds. The summed E-state index contributed by atoms with van der Waals surface area (Å²) in [5.41, 5.74) is 6.59. The fourth-order valence-electron chi connectivity index (χ4n) is 6.54. The minimum absolute atomic E-state index is 0.00593. The van der Waals surface area contributed by atoms with E-state index in [1.165, 1.54) is 60.8 Å². The molecule has 6 rings (SSSR count). The summed E-state index contributed by atoms with van der Waals surface area (Å²) in [5, 5.41) is 0. The van der Waals surface area contributed by atoms with Crippen LogP contribution in [-0.2, 0) is 9.47 Å². The van der Waals surface area contributed by atoms with Crippen LogP contribution < -0.4 is 0 Å². The number of hydrogen-bond acceptors (Lipinski definition) is 3. The monoisotopic (exact) mass is 443 g/mol. The van der Waals surface area contributed by atoms with Gasteiger partial charge in [-0.3, -0.25) is 4.90 Å². The van der Waals surface area contributed by atoms with Crippen molar-refractivity contribution in [2.24, 2.45) is 5.92 Å². The summed E-state index contributed by atoms with van der Waals surface area (Å²) < 4.78 is 11.9. The van der Waals surface area contributed by atoms with E-state index in [-0.39, 0.29) is 24.1 Å². The zero-order chi connectivity index (χ0) is 22.2. The van der Waals surface area contributed by atoms with E-state index in [9.17, 15) is 4.79 Å². The van der Waals surface area contributed by atoms with Gasteiger partial charge in [-0.25, -0.2) is 4.79 Å². The number of benzene rings is 2. The van der Waals surface area contributed by atoms with E-state index in [1.807, 2.05) is 4.90 Å². The summed E-state index contributed by atoms with van der Waals surface area (Å²) in [7, 11) is 0. The average Bonchev–Trinajstić information content (AvgIpc) is 2.98. The van der Waals surface area contributed by atoms with E-state index in [4.69, 9.17) is 9.47 Å². The van der Waals surface area contributed by atoms with E-state index >= 15 is 0 Å². The zero-order valence-electron chi connectivity index (χ0n) is 19.2. The fraction of sp³-hybridized carbons (Fsp3) is 0.483. The van der Waals surface area contributed by atoms with Crippen LogP contribution in [-0.4, -0.2) is 42.9 Å². The lowest BCUT2D eigenvalue weighted by Crippen LogP contribution is -2.57. The van der Waals surface area contributed by atoms with E-state index in [1.54, 1.807) is 5.57 Å². The van der Waals surface area contributed by atoms with E-state index in [2.05, 4.69) is 54.6 Å². The molecule has 4 heteroatoms. The van der Waals surface area contributed by atoms with Gasteiger partial charge >= 0.3 is 6.09 Å². The number of morpholine rings is 1. The van der Waals surface area contributed by atoms with E-state index < -0.39 is 0 Å². The average molecular weight is 444 g/mol. The molecule has 33 heavy (non-hydrogen) atoms. The third-order valence-corrected chi connectivity index (χ3v) is 8.15. The van der Waals surface area contributed by atoms with Crippen molar-refractivity contribution in [1.29, 1.82) is 0 Å². The molecule has 2 aliphatic heterocycles. The predicted molar refractivity (Wildman–Crippen MR) is 129 cm³/mol. The molecular weight excluding hydrogens is 410 g/mol. The highest BCUT2D eigenvalue weighted by molar-refractivity contribution is 5.79. The molecule has 2 aliphatic carbocycles. The number of carbonyl (C=O) groups excluding carboxylic acids is 1. The Bertz CT molecular complexity index is 1010. The standard InChI is InChI=1S/C29H33NO3/c31-29(33-19-28-26-13-7-5-11-24(26)25-12-6-8-14-27(25)28)30-22-15-21(16-23(30)18-32-17-22)20-9-3-1-2-4-10-20/h5-8,11-15,20,22-23,28H,1-4,9-10,16-19H2. The van der Waals surface area contributed by atoms with Gasteiger partial charge in [0.2, 0.25) is 0 Å². The summed E-state index contributed by atoms with van der Waals surface area (Å²) in [6, 6.07) is 17.1. The Morgan fingerprint density at radius 3 is 2.24 bits per heavy atom. The molecule has 2 aromatic carbocycles. The number of nitrogens with zero attached hydrogens (tertiary/aromatic N) is 1. The lowest BCUT2D eigenvalue weighted by atomic mass is 9.83. The minimum atomic E-state index is -0.189. The fourth-order valence-corrected chi connectivity index (χ4v) is 6.54. The van der Waals surface area contributed by atoms with Crippen molar-refractivity contribution in [2.75, 3.05) is 19.8 Å². The van der Waals surface area contributed by atoms with Gasteiger partial charge < -0.3 is 9.47 Å². The first-order valence-electron chi connectivity index (χ1n) is 12.7. The molecule has 4 nitrogen and oxygen atoms in total. The SMILES string of the molecule is O=C(OCC1c2ccccc2-c2ccccc21)N1C2C=C(C3CCCCCC3)CC1COC2. The molecule has 4 aliphatic rings. The molecule has 1 saturated carbocycles. The van der Waals surface area contributed by atoms with Crippen LogP contribution in [0.15, 0.2) is 60.2 Å². The topological polar surface area (TPSA) is 38.8 Å². The lowest BCUT2D eigenvalue weighted by molar-refractivity contribution is -0.0374. The van der Waals surface area contributed by atoms with Crippen LogP contribution in [0.25, 0.3) is 11.1 Å². The van der Waals surface area contributed by atoms with Crippen molar-refractivity contribution in [1.82, 2.24) is 4.90 Å². The van der Waals surface area contributed by atoms with Gasteiger partial charge in [-0.05, 0) is 47.4 Å². The second-order valence-corrected chi connectivity index (χ2v) is 10.1. The molecule has 2 fully saturated rings. The molecule has 2 unspecified atom stereocenters.